The Labute approximate surface area is 209 Å². The Kier molecular flexibility index (Phi) is 6.95. The van der Waals surface area contributed by atoms with Crippen molar-refractivity contribution in [3.05, 3.63) is 77.2 Å². The number of methoxy groups -OCH3 is 1. The Morgan fingerprint density at radius 1 is 1.23 bits per heavy atom. The van der Waals surface area contributed by atoms with E-state index in [1.54, 1.807) is 19.2 Å². The summed E-state index contributed by atoms with van der Waals surface area (Å²) in [6.45, 7) is 2.59. The van der Waals surface area contributed by atoms with E-state index in [1.165, 1.54) is 35.0 Å². The van der Waals surface area contributed by atoms with Gasteiger partial charge in [-0.1, -0.05) is 24.3 Å². The SMILES string of the molecule is CO[C@H]1[C@H](NC(=O)CSC)c2ccccc2C12CCN(Cc1cn[nH]c1-c1ccc(F)cc1)CC2. The van der Waals surface area contributed by atoms with Crippen LogP contribution in [0, 0.1) is 5.82 Å². The van der Waals surface area contributed by atoms with Gasteiger partial charge in [-0.05, 0) is 67.6 Å². The van der Waals surface area contributed by atoms with Gasteiger partial charge >= 0.3 is 0 Å². The van der Waals surface area contributed by atoms with Crippen molar-refractivity contribution in [2.24, 2.45) is 0 Å². The van der Waals surface area contributed by atoms with Gasteiger partial charge in [0.2, 0.25) is 5.91 Å². The van der Waals surface area contributed by atoms with Crippen LogP contribution in [0.1, 0.15) is 35.6 Å². The average Bonchev–Trinajstić information content (AvgIpc) is 3.42. The number of fused-ring (bicyclic) bond motifs is 2. The van der Waals surface area contributed by atoms with Crippen LogP contribution in [0.15, 0.2) is 54.7 Å². The van der Waals surface area contributed by atoms with Gasteiger partial charge in [0.05, 0.1) is 29.8 Å². The molecule has 2 N–H and O–H groups in total. The second-order valence-corrected chi connectivity index (χ2v) is 10.3. The molecule has 1 fully saturated rings. The monoisotopic (exact) mass is 494 g/mol. The van der Waals surface area contributed by atoms with Crippen LogP contribution in [0.3, 0.4) is 0 Å². The Hall–Kier alpha value is -2.68. The van der Waals surface area contributed by atoms with Gasteiger partial charge in [0.25, 0.3) is 0 Å². The maximum atomic E-state index is 13.4. The van der Waals surface area contributed by atoms with Gasteiger partial charge < -0.3 is 10.1 Å². The zero-order valence-electron chi connectivity index (χ0n) is 20.1. The van der Waals surface area contributed by atoms with E-state index < -0.39 is 0 Å². The number of nitrogens with zero attached hydrogens (tertiary/aromatic N) is 2. The first-order valence-electron chi connectivity index (χ1n) is 12.0. The maximum Gasteiger partial charge on any atom is 0.230 e. The van der Waals surface area contributed by atoms with Crippen molar-refractivity contribution >= 4 is 17.7 Å². The van der Waals surface area contributed by atoms with E-state index in [0.717, 1.165) is 49.3 Å². The number of hydrogen-bond acceptors (Lipinski definition) is 5. The summed E-state index contributed by atoms with van der Waals surface area (Å²) in [5.41, 5.74) is 5.31. The first-order valence-corrected chi connectivity index (χ1v) is 13.4. The van der Waals surface area contributed by atoms with Gasteiger partial charge in [0, 0.05) is 30.2 Å². The number of H-pyrrole nitrogens is 1. The molecular weight excluding hydrogens is 463 g/mol. The number of rotatable bonds is 7. The van der Waals surface area contributed by atoms with Crippen molar-refractivity contribution in [1.82, 2.24) is 20.4 Å². The molecule has 184 valence electrons. The zero-order chi connectivity index (χ0) is 24.4. The van der Waals surface area contributed by atoms with E-state index in [2.05, 4.69) is 38.6 Å². The molecule has 0 bridgehead atoms. The molecule has 8 heteroatoms. The third-order valence-corrected chi connectivity index (χ3v) is 8.07. The third-order valence-electron chi connectivity index (χ3n) is 7.52. The second kappa shape index (κ2) is 10.1. The first kappa shape index (κ1) is 24.0. The van der Waals surface area contributed by atoms with Gasteiger partial charge in [-0.2, -0.15) is 16.9 Å². The second-order valence-electron chi connectivity index (χ2n) is 9.43. The fraction of sp³-hybridized carbons (Fsp3) is 0.407. The molecule has 2 atom stereocenters. The number of amides is 1. The number of aromatic nitrogens is 2. The number of aromatic amines is 1. The van der Waals surface area contributed by atoms with E-state index in [4.69, 9.17) is 4.74 Å². The molecule has 1 amide bonds. The van der Waals surface area contributed by atoms with Crippen LogP contribution >= 0.6 is 11.8 Å². The predicted molar refractivity (Wildman–Crippen MR) is 137 cm³/mol. The lowest BCUT2D eigenvalue weighted by molar-refractivity contribution is -0.121. The summed E-state index contributed by atoms with van der Waals surface area (Å²) in [6.07, 6.45) is 5.59. The number of carbonyl (C=O) groups is 1. The molecule has 0 unspecified atom stereocenters. The molecular formula is C27H31FN4O2S. The fourth-order valence-corrected chi connectivity index (χ4v) is 6.27. The molecule has 1 aliphatic carbocycles. The average molecular weight is 495 g/mol. The van der Waals surface area contributed by atoms with Gasteiger partial charge in [0.15, 0.2) is 0 Å². The van der Waals surface area contributed by atoms with Crippen molar-refractivity contribution in [3.63, 3.8) is 0 Å². The molecule has 2 aromatic carbocycles. The Bertz CT molecular complexity index is 1170. The number of carbonyl (C=O) groups excluding carboxylic acids is 1. The van der Waals surface area contributed by atoms with Crippen molar-refractivity contribution in [3.8, 4) is 11.3 Å². The van der Waals surface area contributed by atoms with E-state index in [0.29, 0.717) is 5.75 Å². The highest BCUT2D eigenvalue weighted by Gasteiger charge is 2.53. The number of thioether (sulfide) groups is 1. The molecule has 1 aromatic heterocycles. The van der Waals surface area contributed by atoms with E-state index in [9.17, 15) is 9.18 Å². The third kappa shape index (κ3) is 4.50. The highest BCUT2D eigenvalue weighted by Crippen LogP contribution is 2.52. The lowest BCUT2D eigenvalue weighted by Gasteiger charge is -2.44. The summed E-state index contributed by atoms with van der Waals surface area (Å²) in [7, 11) is 1.76. The number of ether oxygens (including phenoxy) is 1. The molecule has 5 rings (SSSR count). The van der Waals surface area contributed by atoms with Crippen molar-refractivity contribution in [2.45, 2.75) is 36.9 Å². The molecule has 6 nitrogen and oxygen atoms in total. The fourth-order valence-electron chi connectivity index (χ4n) is 5.92. The number of hydrogen-bond donors (Lipinski definition) is 2. The first-order chi connectivity index (χ1) is 17.1. The van der Waals surface area contributed by atoms with Crippen molar-refractivity contribution in [2.75, 3.05) is 32.2 Å². The van der Waals surface area contributed by atoms with Crippen LogP contribution in [-0.4, -0.2) is 59.3 Å². The minimum Gasteiger partial charge on any atom is -0.378 e. The standard InChI is InChI=1S/C27H31FN4O2S/c1-34-26-25(30-23(33)17-35-2)21-5-3-4-6-22(21)27(26)11-13-32(14-12-27)16-19-15-29-31-24(19)18-7-9-20(28)10-8-18/h3-10,15,25-26H,11-14,16-17H2,1-2H3,(H,29,31)(H,30,33)/t25-,26+/m1/s1. The minimum absolute atomic E-state index is 0.0436. The molecule has 1 aliphatic heterocycles. The summed E-state index contributed by atoms with van der Waals surface area (Å²) in [5.74, 6) is 0.238. The normalized spacial score (nSPS) is 21.2. The quantitative estimate of drug-likeness (QED) is 0.513. The molecule has 35 heavy (non-hydrogen) atoms. The highest BCUT2D eigenvalue weighted by molar-refractivity contribution is 7.99. The molecule has 0 radical (unpaired) electrons. The maximum absolute atomic E-state index is 13.4. The molecule has 0 saturated carbocycles. The molecule has 1 saturated heterocycles. The van der Waals surface area contributed by atoms with E-state index in [-0.39, 0.29) is 29.3 Å². The zero-order valence-corrected chi connectivity index (χ0v) is 20.9. The Morgan fingerprint density at radius 3 is 2.69 bits per heavy atom. The number of halogens is 1. The smallest absolute Gasteiger partial charge is 0.230 e. The van der Waals surface area contributed by atoms with Gasteiger partial charge in [-0.25, -0.2) is 4.39 Å². The Balaban J connectivity index is 1.34. The summed E-state index contributed by atoms with van der Waals surface area (Å²) >= 11 is 1.53. The van der Waals surface area contributed by atoms with Crippen LogP contribution in [0.25, 0.3) is 11.3 Å². The van der Waals surface area contributed by atoms with Crippen molar-refractivity contribution < 1.29 is 13.9 Å². The highest BCUT2D eigenvalue weighted by atomic mass is 32.2. The van der Waals surface area contributed by atoms with Gasteiger partial charge in [0.1, 0.15) is 5.82 Å². The van der Waals surface area contributed by atoms with Gasteiger partial charge in [-0.15, -0.1) is 0 Å². The van der Waals surface area contributed by atoms with E-state index >= 15 is 0 Å². The lowest BCUT2D eigenvalue weighted by Crippen LogP contribution is -2.50. The number of nitrogens with one attached hydrogen (secondary N) is 2. The molecule has 3 aromatic rings. The van der Waals surface area contributed by atoms with Crippen LogP contribution in [-0.2, 0) is 21.5 Å². The lowest BCUT2D eigenvalue weighted by atomic mass is 9.72. The molecule has 2 heterocycles. The molecule has 1 spiro atoms. The summed E-state index contributed by atoms with van der Waals surface area (Å²) < 4.78 is 19.5. The van der Waals surface area contributed by atoms with Gasteiger partial charge in [-0.3, -0.25) is 14.8 Å². The van der Waals surface area contributed by atoms with Crippen LogP contribution in [0.4, 0.5) is 4.39 Å². The number of piperidine rings is 1. The van der Waals surface area contributed by atoms with Crippen LogP contribution in [0.5, 0.6) is 0 Å². The summed E-state index contributed by atoms with van der Waals surface area (Å²) in [6, 6.07) is 14.8. The topological polar surface area (TPSA) is 70.2 Å². The summed E-state index contributed by atoms with van der Waals surface area (Å²) in [5, 5.41) is 10.6. The number of benzene rings is 2. The van der Waals surface area contributed by atoms with E-state index in [1.807, 2.05) is 18.5 Å². The largest absolute Gasteiger partial charge is 0.378 e. The number of likely N-dealkylation sites (tertiary alicyclic amines) is 1. The Morgan fingerprint density at radius 2 is 1.97 bits per heavy atom. The summed E-state index contributed by atoms with van der Waals surface area (Å²) in [4.78, 5) is 15.0. The molecule has 2 aliphatic rings. The minimum atomic E-state index is -0.247. The van der Waals surface area contributed by atoms with Crippen LogP contribution in [0.2, 0.25) is 0 Å². The van der Waals surface area contributed by atoms with Crippen LogP contribution < -0.4 is 5.32 Å². The predicted octanol–water partition coefficient (Wildman–Crippen LogP) is 4.30. The van der Waals surface area contributed by atoms with Crippen molar-refractivity contribution in [1.29, 1.82) is 0 Å².